The van der Waals surface area contributed by atoms with Gasteiger partial charge < -0.3 is 19.5 Å². The molecule has 0 aliphatic heterocycles. The van der Waals surface area contributed by atoms with Crippen molar-refractivity contribution in [2.24, 2.45) is 0 Å². The van der Waals surface area contributed by atoms with Crippen molar-refractivity contribution in [2.45, 2.75) is 0 Å². The molecule has 0 saturated carbocycles. The molecule has 2 aromatic carbocycles. The number of carbonyl (C=O) groups is 2. The third-order valence-corrected chi connectivity index (χ3v) is 4.48. The number of hydrogen-bond acceptors (Lipinski definition) is 6. The number of amides is 1. The lowest BCUT2D eigenvalue weighted by atomic mass is 10.1. The number of Topliss-reactive ketones (excluding diaryl/α,β-unsaturated/α-hetero) is 1. The molecular formula is C19H21NO5S. The highest BCUT2D eigenvalue weighted by Gasteiger charge is 2.12. The van der Waals surface area contributed by atoms with E-state index >= 15 is 0 Å². The second-order valence-electron chi connectivity index (χ2n) is 5.26. The van der Waals surface area contributed by atoms with Crippen LogP contribution in [0.25, 0.3) is 0 Å². The predicted molar refractivity (Wildman–Crippen MR) is 103 cm³/mol. The van der Waals surface area contributed by atoms with Crippen LogP contribution in [0, 0.1) is 0 Å². The Morgan fingerprint density at radius 3 is 2.19 bits per heavy atom. The molecule has 2 rings (SSSR count). The minimum absolute atomic E-state index is 0.0757. The summed E-state index contributed by atoms with van der Waals surface area (Å²) in [6.07, 6.45) is 0. The third-order valence-electron chi connectivity index (χ3n) is 3.55. The summed E-state index contributed by atoms with van der Waals surface area (Å²) in [5.41, 5.74) is 1.20. The summed E-state index contributed by atoms with van der Waals surface area (Å²) in [5, 5.41) is 2.78. The van der Waals surface area contributed by atoms with Crippen LogP contribution in [0.2, 0.25) is 0 Å². The first-order valence-corrected chi connectivity index (χ1v) is 8.99. The van der Waals surface area contributed by atoms with E-state index in [1.165, 1.54) is 26.0 Å². The molecule has 0 aromatic heterocycles. The third kappa shape index (κ3) is 5.42. The van der Waals surface area contributed by atoms with Gasteiger partial charge in [0.1, 0.15) is 5.75 Å². The van der Waals surface area contributed by atoms with E-state index in [1.807, 2.05) is 0 Å². The molecule has 0 aliphatic carbocycles. The summed E-state index contributed by atoms with van der Waals surface area (Å²) in [6, 6.07) is 12.1. The highest BCUT2D eigenvalue weighted by molar-refractivity contribution is 8.00. The van der Waals surface area contributed by atoms with E-state index in [0.717, 1.165) is 5.75 Å². The molecule has 0 fully saturated rings. The highest BCUT2D eigenvalue weighted by atomic mass is 32.2. The number of ketones is 1. The molecule has 2 aromatic rings. The van der Waals surface area contributed by atoms with E-state index in [-0.39, 0.29) is 23.2 Å². The molecule has 6 nitrogen and oxygen atoms in total. The number of benzene rings is 2. The molecule has 0 spiro atoms. The number of thioether (sulfide) groups is 1. The second kappa shape index (κ2) is 9.72. The number of anilines is 1. The second-order valence-corrected chi connectivity index (χ2v) is 6.25. The molecule has 0 unspecified atom stereocenters. The van der Waals surface area contributed by atoms with Crippen molar-refractivity contribution >= 4 is 29.1 Å². The molecule has 0 bridgehead atoms. The lowest BCUT2D eigenvalue weighted by Gasteiger charge is -2.09. The van der Waals surface area contributed by atoms with Crippen molar-refractivity contribution in [2.75, 3.05) is 38.2 Å². The molecule has 0 atom stereocenters. The van der Waals surface area contributed by atoms with E-state index in [4.69, 9.17) is 14.2 Å². The molecule has 1 amide bonds. The largest absolute Gasteiger partial charge is 0.497 e. The SMILES string of the molecule is COc1ccc(NC(=O)CSCC(=O)c2ccc(OC)c(OC)c2)cc1. The summed E-state index contributed by atoms with van der Waals surface area (Å²) in [6.45, 7) is 0. The Labute approximate surface area is 156 Å². The Hall–Kier alpha value is -2.67. The normalized spacial score (nSPS) is 10.1. The Kier molecular flexibility index (Phi) is 7.35. The molecule has 0 radical (unpaired) electrons. The molecule has 1 N–H and O–H groups in total. The lowest BCUT2D eigenvalue weighted by molar-refractivity contribution is -0.113. The zero-order valence-corrected chi connectivity index (χ0v) is 15.7. The van der Waals surface area contributed by atoms with Crippen LogP contribution in [-0.2, 0) is 4.79 Å². The van der Waals surface area contributed by atoms with Crippen molar-refractivity contribution < 1.29 is 23.8 Å². The zero-order chi connectivity index (χ0) is 18.9. The number of rotatable bonds is 9. The van der Waals surface area contributed by atoms with Crippen molar-refractivity contribution in [1.29, 1.82) is 0 Å². The van der Waals surface area contributed by atoms with Crippen molar-refractivity contribution in [3.8, 4) is 17.2 Å². The summed E-state index contributed by atoms with van der Waals surface area (Å²) in [4.78, 5) is 24.2. The van der Waals surface area contributed by atoms with Crippen molar-refractivity contribution in [3.63, 3.8) is 0 Å². The van der Waals surface area contributed by atoms with Crippen LogP contribution in [0.3, 0.4) is 0 Å². The van der Waals surface area contributed by atoms with Crippen LogP contribution < -0.4 is 19.5 Å². The van der Waals surface area contributed by atoms with E-state index in [2.05, 4.69) is 5.32 Å². The van der Waals surface area contributed by atoms with Gasteiger partial charge in [-0.2, -0.15) is 0 Å². The minimum atomic E-state index is -0.166. The van der Waals surface area contributed by atoms with Gasteiger partial charge in [0, 0.05) is 11.3 Å². The average Bonchev–Trinajstić information content (AvgIpc) is 2.67. The van der Waals surface area contributed by atoms with E-state index in [9.17, 15) is 9.59 Å². The summed E-state index contributed by atoms with van der Waals surface area (Å²) < 4.78 is 15.4. The number of nitrogens with one attached hydrogen (secondary N) is 1. The van der Waals surface area contributed by atoms with Crippen LogP contribution in [-0.4, -0.2) is 44.5 Å². The Morgan fingerprint density at radius 2 is 1.58 bits per heavy atom. The molecule has 26 heavy (non-hydrogen) atoms. The maximum absolute atomic E-state index is 12.3. The quantitative estimate of drug-likeness (QED) is 0.678. The average molecular weight is 375 g/mol. The van der Waals surface area contributed by atoms with Crippen molar-refractivity contribution in [3.05, 3.63) is 48.0 Å². The van der Waals surface area contributed by atoms with E-state index in [0.29, 0.717) is 22.7 Å². The van der Waals surface area contributed by atoms with E-state index < -0.39 is 0 Å². The summed E-state index contributed by atoms with van der Waals surface area (Å²) >= 11 is 1.26. The van der Waals surface area contributed by atoms with Gasteiger partial charge in [0.2, 0.25) is 5.91 Å². The number of ether oxygens (including phenoxy) is 3. The van der Waals surface area contributed by atoms with Gasteiger partial charge in [0.05, 0.1) is 32.8 Å². The van der Waals surface area contributed by atoms with E-state index in [1.54, 1.807) is 49.6 Å². The maximum atomic E-state index is 12.3. The number of methoxy groups -OCH3 is 3. The Balaban J connectivity index is 1.82. The lowest BCUT2D eigenvalue weighted by Crippen LogP contribution is -2.15. The number of hydrogen-bond donors (Lipinski definition) is 1. The molecule has 7 heteroatoms. The van der Waals surface area contributed by atoms with Gasteiger partial charge >= 0.3 is 0 Å². The highest BCUT2D eigenvalue weighted by Crippen LogP contribution is 2.28. The van der Waals surface area contributed by atoms with Gasteiger partial charge in [-0.05, 0) is 42.5 Å². The van der Waals surface area contributed by atoms with Crippen LogP contribution in [0.5, 0.6) is 17.2 Å². The topological polar surface area (TPSA) is 73.9 Å². The fourth-order valence-electron chi connectivity index (χ4n) is 2.20. The van der Waals surface area contributed by atoms with Crippen LogP contribution in [0.4, 0.5) is 5.69 Å². The van der Waals surface area contributed by atoms with Gasteiger partial charge in [-0.25, -0.2) is 0 Å². The molecule has 0 saturated heterocycles. The predicted octanol–water partition coefficient (Wildman–Crippen LogP) is 3.27. The van der Waals surface area contributed by atoms with Crippen molar-refractivity contribution in [1.82, 2.24) is 0 Å². The van der Waals surface area contributed by atoms with Gasteiger partial charge in [0.15, 0.2) is 17.3 Å². The Bertz CT molecular complexity index is 761. The first-order valence-electron chi connectivity index (χ1n) is 7.84. The minimum Gasteiger partial charge on any atom is -0.497 e. The van der Waals surface area contributed by atoms with Crippen LogP contribution in [0.1, 0.15) is 10.4 Å². The van der Waals surface area contributed by atoms with Crippen LogP contribution >= 0.6 is 11.8 Å². The standard InChI is InChI=1S/C19H21NO5S/c1-23-15-7-5-14(6-8-15)20-19(22)12-26-11-16(21)13-4-9-17(24-2)18(10-13)25-3/h4-10H,11-12H2,1-3H3,(H,20,22). The summed E-state index contributed by atoms with van der Waals surface area (Å²) in [7, 11) is 4.64. The number of carbonyl (C=O) groups excluding carboxylic acids is 2. The first-order chi connectivity index (χ1) is 12.6. The molecule has 138 valence electrons. The monoisotopic (exact) mass is 375 g/mol. The van der Waals surface area contributed by atoms with Gasteiger partial charge in [0.25, 0.3) is 0 Å². The molecule has 0 aliphatic rings. The van der Waals surface area contributed by atoms with Gasteiger partial charge in [-0.3, -0.25) is 9.59 Å². The fourth-order valence-corrected chi connectivity index (χ4v) is 2.91. The zero-order valence-electron chi connectivity index (χ0n) is 14.9. The Morgan fingerprint density at radius 1 is 0.885 bits per heavy atom. The smallest absolute Gasteiger partial charge is 0.234 e. The van der Waals surface area contributed by atoms with Gasteiger partial charge in [-0.1, -0.05) is 0 Å². The maximum Gasteiger partial charge on any atom is 0.234 e. The fraction of sp³-hybridized carbons (Fsp3) is 0.263. The first kappa shape index (κ1) is 19.7. The summed E-state index contributed by atoms with van der Waals surface area (Å²) in [5.74, 6) is 1.93. The molecule has 0 heterocycles. The van der Waals surface area contributed by atoms with Crippen LogP contribution in [0.15, 0.2) is 42.5 Å². The molecular weight excluding hydrogens is 354 g/mol. The van der Waals surface area contributed by atoms with Gasteiger partial charge in [-0.15, -0.1) is 11.8 Å².